The number of aromatic hydroxyl groups is 1. The van der Waals surface area contributed by atoms with Gasteiger partial charge < -0.3 is 5.11 Å². The molecule has 3 rings (SSSR count). The first-order valence-corrected chi connectivity index (χ1v) is 7.88. The first-order chi connectivity index (χ1) is 10.7. The summed E-state index contributed by atoms with van der Waals surface area (Å²) in [4.78, 5) is 0. The first-order valence-electron chi connectivity index (χ1n) is 7.88. The van der Waals surface area contributed by atoms with Crippen LogP contribution in [0.25, 0.3) is 11.1 Å². The average molecular weight is 412 g/mol. The molecule has 1 aliphatic rings. The van der Waals surface area contributed by atoms with Gasteiger partial charge in [0.05, 0.1) is 0 Å². The molecule has 0 aliphatic heterocycles. The molecule has 0 spiro atoms. The third-order valence-electron chi connectivity index (χ3n) is 3.74. The van der Waals surface area contributed by atoms with Gasteiger partial charge in [0.1, 0.15) is 5.75 Å². The molecule has 2 aromatic carbocycles. The van der Waals surface area contributed by atoms with Gasteiger partial charge in [-0.05, 0) is 23.3 Å². The molecule has 0 amide bonds. The molecule has 0 aromatic heterocycles. The van der Waals surface area contributed by atoms with Crippen molar-refractivity contribution in [1.82, 2.24) is 0 Å². The summed E-state index contributed by atoms with van der Waals surface area (Å²) in [5, 5.41) is 9.27. The minimum Gasteiger partial charge on any atom is -0.508 e. The Bertz CT molecular complexity index is 649. The largest absolute Gasteiger partial charge is 0.508 e. The molecule has 0 heterocycles. The Morgan fingerprint density at radius 3 is 2.04 bits per heavy atom. The number of hydrogen-bond donors (Lipinski definition) is 1. The Hall–Kier alpha value is -0.986. The van der Waals surface area contributed by atoms with Gasteiger partial charge in [-0.2, -0.15) is 11.6 Å². The number of phenolic OH excluding ortho intramolecular Hbond substituents is 1. The van der Waals surface area contributed by atoms with Gasteiger partial charge in [0, 0.05) is 21.7 Å². The number of rotatable bonds is 3. The van der Waals surface area contributed by atoms with Crippen LogP contribution in [0.5, 0.6) is 5.75 Å². The quantitative estimate of drug-likeness (QED) is 0.436. The van der Waals surface area contributed by atoms with E-state index in [1.54, 1.807) is 12.1 Å². The van der Waals surface area contributed by atoms with Crippen LogP contribution in [-0.2, 0) is 21.7 Å². The van der Waals surface area contributed by atoms with Gasteiger partial charge >= 0.3 is 0 Å². The van der Waals surface area contributed by atoms with E-state index in [2.05, 4.69) is 26.0 Å². The normalized spacial score (nSPS) is 11.4. The third kappa shape index (κ3) is 8.29. The van der Waals surface area contributed by atoms with Gasteiger partial charge in [-0.15, -0.1) is 31.2 Å². The summed E-state index contributed by atoms with van der Waals surface area (Å²) < 4.78 is 0. The SMILES string of the molecule is CCC1=[C-]CC=C1CC.Cl.Cl.Oc1cccc(-c2ccccc2)c1.[Ti]. The Kier molecular flexibility index (Phi) is 14.9. The van der Waals surface area contributed by atoms with E-state index in [1.807, 2.05) is 42.5 Å². The van der Waals surface area contributed by atoms with Crippen molar-refractivity contribution >= 4 is 24.8 Å². The van der Waals surface area contributed by atoms with Crippen LogP contribution in [0.4, 0.5) is 0 Å². The number of phenols is 1. The maximum absolute atomic E-state index is 9.27. The topological polar surface area (TPSA) is 20.2 Å². The first kappa shape index (κ1) is 26.2. The monoisotopic (exact) mass is 411 g/mol. The summed E-state index contributed by atoms with van der Waals surface area (Å²) in [5.41, 5.74) is 5.12. The molecule has 0 unspecified atom stereocenters. The van der Waals surface area contributed by atoms with E-state index in [0.717, 1.165) is 24.0 Å². The summed E-state index contributed by atoms with van der Waals surface area (Å²) in [5.74, 6) is 0.307. The van der Waals surface area contributed by atoms with Crippen LogP contribution < -0.4 is 0 Å². The standard InChI is InChI=1S/C12H10O.C9H13.2ClH.Ti/c13-12-8-4-7-11(9-12)10-5-2-1-3-6-10;1-3-8-6-5-7-9(8)4-2;;;/h1-9,13H;6H,3-5H2,1-2H3;2*1H;/q;-1;;;. The molecule has 1 nitrogen and oxygen atoms in total. The summed E-state index contributed by atoms with van der Waals surface area (Å²) in [7, 11) is 0. The summed E-state index contributed by atoms with van der Waals surface area (Å²) in [6.07, 6.45) is 8.99. The van der Waals surface area contributed by atoms with Crippen molar-refractivity contribution in [3.05, 3.63) is 77.9 Å². The Morgan fingerprint density at radius 2 is 1.52 bits per heavy atom. The smallest absolute Gasteiger partial charge is 0.116 e. The molecule has 134 valence electrons. The Labute approximate surface area is 179 Å². The summed E-state index contributed by atoms with van der Waals surface area (Å²) >= 11 is 0. The zero-order valence-corrected chi connectivity index (χ0v) is 17.9. The molecule has 25 heavy (non-hydrogen) atoms. The predicted molar refractivity (Wildman–Crippen MR) is 108 cm³/mol. The third-order valence-corrected chi connectivity index (χ3v) is 3.74. The van der Waals surface area contributed by atoms with Gasteiger partial charge in [0.25, 0.3) is 0 Å². The van der Waals surface area contributed by atoms with Crippen molar-refractivity contribution in [3.63, 3.8) is 0 Å². The van der Waals surface area contributed by atoms with Gasteiger partial charge in [0.15, 0.2) is 0 Å². The van der Waals surface area contributed by atoms with Crippen molar-refractivity contribution in [2.75, 3.05) is 0 Å². The second-order valence-electron chi connectivity index (χ2n) is 5.21. The number of hydrogen-bond acceptors (Lipinski definition) is 1. The van der Waals surface area contributed by atoms with E-state index in [1.165, 1.54) is 17.6 Å². The molecular weight excluding hydrogens is 387 g/mol. The predicted octanol–water partition coefficient (Wildman–Crippen LogP) is 6.77. The molecule has 0 atom stereocenters. The zero-order valence-electron chi connectivity index (χ0n) is 14.7. The van der Waals surface area contributed by atoms with Crippen LogP contribution in [0.2, 0.25) is 0 Å². The van der Waals surface area contributed by atoms with E-state index in [0.29, 0.717) is 5.75 Å². The molecule has 0 radical (unpaired) electrons. The fourth-order valence-corrected chi connectivity index (χ4v) is 2.56. The fraction of sp³-hybridized carbons (Fsp3) is 0.238. The van der Waals surface area contributed by atoms with E-state index >= 15 is 0 Å². The van der Waals surface area contributed by atoms with Gasteiger partial charge in [-0.3, -0.25) is 6.08 Å². The van der Waals surface area contributed by atoms with E-state index < -0.39 is 0 Å². The van der Waals surface area contributed by atoms with Crippen molar-refractivity contribution in [1.29, 1.82) is 0 Å². The molecule has 4 heteroatoms. The summed E-state index contributed by atoms with van der Waals surface area (Å²) in [6, 6.07) is 17.3. The van der Waals surface area contributed by atoms with Crippen LogP contribution in [0.15, 0.2) is 71.8 Å². The second-order valence-corrected chi connectivity index (χ2v) is 5.21. The van der Waals surface area contributed by atoms with Gasteiger partial charge in [0.2, 0.25) is 0 Å². The van der Waals surface area contributed by atoms with Crippen LogP contribution in [0.3, 0.4) is 0 Å². The van der Waals surface area contributed by atoms with Crippen LogP contribution >= 0.6 is 24.8 Å². The molecule has 1 aliphatic carbocycles. The van der Waals surface area contributed by atoms with Gasteiger partial charge in [-0.25, -0.2) is 5.57 Å². The maximum Gasteiger partial charge on any atom is 0.116 e. The molecule has 0 saturated carbocycles. The Balaban J connectivity index is 0. The molecule has 0 fully saturated rings. The van der Waals surface area contributed by atoms with Gasteiger partial charge in [-0.1, -0.05) is 69.2 Å². The van der Waals surface area contributed by atoms with Crippen molar-refractivity contribution in [2.45, 2.75) is 33.1 Å². The Morgan fingerprint density at radius 1 is 0.880 bits per heavy atom. The average Bonchev–Trinajstić information content (AvgIpc) is 3.04. The number of halogens is 2. The van der Waals surface area contributed by atoms with E-state index in [-0.39, 0.29) is 46.5 Å². The zero-order chi connectivity index (χ0) is 15.8. The van der Waals surface area contributed by atoms with E-state index in [4.69, 9.17) is 0 Å². The van der Waals surface area contributed by atoms with Crippen molar-refractivity contribution < 1.29 is 26.8 Å². The minimum atomic E-state index is 0. The minimum absolute atomic E-state index is 0. The fourth-order valence-electron chi connectivity index (χ4n) is 2.56. The van der Waals surface area contributed by atoms with Crippen molar-refractivity contribution in [3.8, 4) is 16.9 Å². The number of allylic oxidation sites excluding steroid dienone is 4. The maximum atomic E-state index is 9.27. The molecule has 0 bridgehead atoms. The second kappa shape index (κ2) is 14.2. The van der Waals surface area contributed by atoms with Crippen molar-refractivity contribution in [2.24, 2.45) is 0 Å². The molecule has 2 aromatic rings. The van der Waals surface area contributed by atoms with Crippen LogP contribution in [0.1, 0.15) is 33.1 Å². The summed E-state index contributed by atoms with van der Waals surface area (Å²) in [6.45, 7) is 4.39. The molecule has 1 N–H and O–H groups in total. The van der Waals surface area contributed by atoms with E-state index in [9.17, 15) is 5.11 Å². The van der Waals surface area contributed by atoms with Crippen LogP contribution in [0, 0.1) is 6.08 Å². The molecule has 0 saturated heterocycles. The van der Waals surface area contributed by atoms with Crippen LogP contribution in [-0.4, -0.2) is 5.11 Å². The molecular formula is C21H25Cl2OTi-. The number of benzene rings is 2.